The highest BCUT2D eigenvalue weighted by Crippen LogP contribution is 2.22. The van der Waals surface area contributed by atoms with E-state index in [9.17, 15) is 4.79 Å². The van der Waals surface area contributed by atoms with Gasteiger partial charge in [0.1, 0.15) is 0 Å². The van der Waals surface area contributed by atoms with Crippen LogP contribution in [0.3, 0.4) is 0 Å². The highest BCUT2D eigenvalue weighted by Gasteiger charge is 2.22. The maximum atomic E-state index is 12.2. The van der Waals surface area contributed by atoms with E-state index >= 15 is 0 Å². The van der Waals surface area contributed by atoms with E-state index in [1.54, 1.807) is 6.20 Å². The fraction of sp³-hybridized carbons (Fsp3) is 0.625. The molecule has 2 rings (SSSR count). The fourth-order valence-corrected chi connectivity index (χ4v) is 2.74. The Kier molecular flexibility index (Phi) is 5.53. The molecule has 0 aromatic carbocycles. The van der Waals surface area contributed by atoms with Crippen molar-refractivity contribution in [3.05, 3.63) is 30.1 Å². The highest BCUT2D eigenvalue weighted by molar-refractivity contribution is 5.81. The van der Waals surface area contributed by atoms with Crippen LogP contribution >= 0.6 is 0 Å². The molecule has 110 valence electrons. The summed E-state index contributed by atoms with van der Waals surface area (Å²) in [4.78, 5) is 16.3. The molecule has 1 aromatic rings. The van der Waals surface area contributed by atoms with Crippen LogP contribution in [0.15, 0.2) is 24.5 Å². The molecule has 1 aromatic heterocycles. The van der Waals surface area contributed by atoms with Gasteiger partial charge in [0, 0.05) is 24.9 Å². The number of carbonyl (C=O) groups excluding carboxylic acids is 1. The quantitative estimate of drug-likeness (QED) is 0.865. The van der Waals surface area contributed by atoms with Crippen LogP contribution in [0.4, 0.5) is 0 Å². The SMILES string of the molecule is CC(C)C(CNC(=O)[C@H]1CCCCN1)c1cccnc1. The van der Waals surface area contributed by atoms with Crippen LogP contribution in [0.25, 0.3) is 0 Å². The van der Waals surface area contributed by atoms with E-state index in [0.717, 1.165) is 19.4 Å². The van der Waals surface area contributed by atoms with Crippen molar-refractivity contribution in [2.75, 3.05) is 13.1 Å². The van der Waals surface area contributed by atoms with Gasteiger partial charge in [-0.05, 0) is 36.9 Å². The maximum absolute atomic E-state index is 12.2. The maximum Gasteiger partial charge on any atom is 0.237 e. The number of piperidine rings is 1. The lowest BCUT2D eigenvalue weighted by Crippen LogP contribution is -2.47. The molecular weight excluding hydrogens is 250 g/mol. The molecule has 2 atom stereocenters. The molecule has 0 radical (unpaired) electrons. The molecule has 2 N–H and O–H groups in total. The van der Waals surface area contributed by atoms with Gasteiger partial charge in [0.25, 0.3) is 0 Å². The summed E-state index contributed by atoms with van der Waals surface area (Å²) in [5, 5.41) is 6.39. The summed E-state index contributed by atoms with van der Waals surface area (Å²) in [7, 11) is 0. The number of carbonyl (C=O) groups is 1. The summed E-state index contributed by atoms with van der Waals surface area (Å²) in [6.07, 6.45) is 6.95. The molecule has 4 heteroatoms. The number of hydrogen-bond acceptors (Lipinski definition) is 3. The van der Waals surface area contributed by atoms with Gasteiger partial charge < -0.3 is 10.6 Å². The van der Waals surface area contributed by atoms with Gasteiger partial charge in [-0.2, -0.15) is 0 Å². The molecule has 0 bridgehead atoms. The first-order valence-corrected chi connectivity index (χ1v) is 7.59. The van der Waals surface area contributed by atoms with Gasteiger partial charge >= 0.3 is 0 Å². The second-order valence-corrected chi connectivity index (χ2v) is 5.88. The van der Waals surface area contributed by atoms with Crippen molar-refractivity contribution in [1.29, 1.82) is 0 Å². The lowest BCUT2D eigenvalue weighted by atomic mass is 9.89. The van der Waals surface area contributed by atoms with E-state index in [2.05, 4.69) is 35.5 Å². The van der Waals surface area contributed by atoms with Crippen LogP contribution in [-0.2, 0) is 4.79 Å². The first kappa shape index (κ1) is 15.0. The number of amides is 1. The Morgan fingerprint density at radius 3 is 2.95 bits per heavy atom. The Balaban J connectivity index is 1.91. The lowest BCUT2D eigenvalue weighted by molar-refractivity contribution is -0.123. The van der Waals surface area contributed by atoms with Gasteiger partial charge in [-0.25, -0.2) is 0 Å². The van der Waals surface area contributed by atoms with E-state index in [-0.39, 0.29) is 11.9 Å². The van der Waals surface area contributed by atoms with Crippen molar-refractivity contribution in [1.82, 2.24) is 15.6 Å². The molecule has 2 heterocycles. The van der Waals surface area contributed by atoms with Crippen LogP contribution < -0.4 is 10.6 Å². The molecule has 0 saturated carbocycles. The Morgan fingerprint density at radius 2 is 2.35 bits per heavy atom. The minimum absolute atomic E-state index is 0.00883. The molecule has 0 aliphatic carbocycles. The molecule has 1 aliphatic heterocycles. The minimum Gasteiger partial charge on any atom is -0.354 e. The molecule has 20 heavy (non-hydrogen) atoms. The van der Waals surface area contributed by atoms with E-state index in [4.69, 9.17) is 0 Å². The summed E-state index contributed by atoms with van der Waals surface area (Å²) >= 11 is 0. The number of pyridine rings is 1. The minimum atomic E-state index is -0.00883. The van der Waals surface area contributed by atoms with Gasteiger partial charge in [-0.1, -0.05) is 26.3 Å². The number of nitrogens with one attached hydrogen (secondary N) is 2. The Morgan fingerprint density at radius 1 is 1.50 bits per heavy atom. The van der Waals surface area contributed by atoms with Crippen LogP contribution in [0.1, 0.15) is 44.6 Å². The molecule has 1 saturated heterocycles. The van der Waals surface area contributed by atoms with Crippen molar-refractivity contribution in [2.45, 2.75) is 45.1 Å². The summed E-state index contributed by atoms with van der Waals surface area (Å²) in [6, 6.07) is 4.03. The zero-order chi connectivity index (χ0) is 14.4. The first-order chi connectivity index (χ1) is 9.68. The lowest BCUT2D eigenvalue weighted by Gasteiger charge is -2.25. The van der Waals surface area contributed by atoms with Crippen LogP contribution in [0, 0.1) is 5.92 Å². The van der Waals surface area contributed by atoms with Crippen LogP contribution in [0.5, 0.6) is 0 Å². The zero-order valence-corrected chi connectivity index (χ0v) is 12.4. The summed E-state index contributed by atoms with van der Waals surface area (Å²) < 4.78 is 0. The average Bonchev–Trinajstić information content (AvgIpc) is 2.49. The third kappa shape index (κ3) is 4.04. The van der Waals surface area contributed by atoms with E-state index in [1.807, 2.05) is 12.3 Å². The second-order valence-electron chi connectivity index (χ2n) is 5.88. The molecule has 0 spiro atoms. The Bertz CT molecular complexity index is 413. The first-order valence-electron chi connectivity index (χ1n) is 7.59. The number of aromatic nitrogens is 1. The molecule has 1 aliphatic rings. The van der Waals surface area contributed by atoms with Crippen molar-refractivity contribution in [3.63, 3.8) is 0 Å². The van der Waals surface area contributed by atoms with E-state index < -0.39 is 0 Å². The van der Waals surface area contributed by atoms with E-state index in [1.165, 1.54) is 12.0 Å². The second kappa shape index (κ2) is 7.39. The van der Waals surface area contributed by atoms with Crippen molar-refractivity contribution in [2.24, 2.45) is 5.92 Å². The molecule has 1 amide bonds. The fourth-order valence-electron chi connectivity index (χ4n) is 2.74. The van der Waals surface area contributed by atoms with Crippen molar-refractivity contribution >= 4 is 5.91 Å². The van der Waals surface area contributed by atoms with Crippen LogP contribution in [-0.4, -0.2) is 30.0 Å². The third-order valence-corrected chi connectivity index (χ3v) is 4.04. The number of rotatable bonds is 5. The largest absolute Gasteiger partial charge is 0.354 e. The predicted octanol–water partition coefficient (Wildman–Crippen LogP) is 2.08. The normalized spacial score (nSPS) is 20.6. The highest BCUT2D eigenvalue weighted by atomic mass is 16.2. The smallest absolute Gasteiger partial charge is 0.237 e. The molecular formula is C16H25N3O. The molecule has 1 unspecified atom stereocenters. The van der Waals surface area contributed by atoms with Crippen LogP contribution in [0.2, 0.25) is 0 Å². The van der Waals surface area contributed by atoms with E-state index in [0.29, 0.717) is 18.4 Å². The average molecular weight is 275 g/mol. The summed E-state index contributed by atoms with van der Waals surface area (Å²) in [5.74, 6) is 0.925. The standard InChI is InChI=1S/C16H25N3O/c1-12(2)14(13-6-5-8-17-10-13)11-19-16(20)15-7-3-4-9-18-15/h5-6,8,10,12,14-15,18H,3-4,7,9,11H2,1-2H3,(H,19,20)/t14?,15-/m1/s1. The third-order valence-electron chi connectivity index (χ3n) is 4.04. The number of nitrogens with zero attached hydrogens (tertiary/aromatic N) is 1. The van der Waals surface area contributed by atoms with Crippen molar-refractivity contribution in [3.8, 4) is 0 Å². The monoisotopic (exact) mass is 275 g/mol. The molecule has 1 fully saturated rings. The van der Waals surface area contributed by atoms with Crippen molar-refractivity contribution < 1.29 is 4.79 Å². The van der Waals surface area contributed by atoms with Gasteiger partial charge in [0.05, 0.1) is 6.04 Å². The zero-order valence-electron chi connectivity index (χ0n) is 12.4. The van der Waals surface area contributed by atoms with Gasteiger partial charge in [0.15, 0.2) is 0 Å². The van der Waals surface area contributed by atoms with Gasteiger partial charge in [0.2, 0.25) is 5.91 Å². The summed E-state index contributed by atoms with van der Waals surface area (Å²) in [5.41, 5.74) is 1.19. The van der Waals surface area contributed by atoms with Gasteiger partial charge in [-0.15, -0.1) is 0 Å². The Labute approximate surface area is 121 Å². The number of hydrogen-bond donors (Lipinski definition) is 2. The summed E-state index contributed by atoms with van der Waals surface area (Å²) in [6.45, 7) is 6.00. The Hall–Kier alpha value is -1.42. The molecule has 4 nitrogen and oxygen atoms in total. The van der Waals surface area contributed by atoms with Gasteiger partial charge in [-0.3, -0.25) is 9.78 Å². The predicted molar refractivity (Wildman–Crippen MR) is 80.5 cm³/mol. The topological polar surface area (TPSA) is 54.0 Å².